The molecule has 0 atom stereocenters. The van der Waals surface area contributed by atoms with Crippen molar-refractivity contribution >= 4 is 79.2 Å². The molecule has 3 rings (SSSR count). The Balaban J connectivity index is 1.60. The first-order chi connectivity index (χ1) is 13.4. The van der Waals surface area contributed by atoms with Gasteiger partial charge in [-0.2, -0.15) is 0 Å². The molecule has 0 aliphatic heterocycles. The van der Waals surface area contributed by atoms with Crippen molar-refractivity contribution in [2.75, 3.05) is 10.6 Å². The van der Waals surface area contributed by atoms with Crippen molar-refractivity contribution in [3.05, 3.63) is 59.1 Å². The van der Waals surface area contributed by atoms with E-state index in [4.69, 9.17) is 23.8 Å². The Morgan fingerprint density at radius 3 is 2.61 bits per heavy atom. The van der Waals surface area contributed by atoms with Crippen molar-refractivity contribution in [3.63, 3.8) is 0 Å². The molecule has 0 unspecified atom stereocenters. The van der Waals surface area contributed by atoms with E-state index in [0.717, 1.165) is 15.8 Å². The van der Waals surface area contributed by atoms with Crippen LogP contribution in [0.4, 0.5) is 10.8 Å². The van der Waals surface area contributed by atoms with Crippen LogP contribution in [0.3, 0.4) is 0 Å². The van der Waals surface area contributed by atoms with Crippen LogP contribution in [0.15, 0.2) is 48.5 Å². The number of thiazole rings is 1. The first-order valence-electron chi connectivity index (χ1n) is 8.13. The number of hydrogen-bond acceptors (Lipinski definition) is 5. The highest BCUT2D eigenvalue weighted by Gasteiger charge is 2.08. The van der Waals surface area contributed by atoms with E-state index in [1.165, 1.54) is 24.3 Å². The lowest BCUT2D eigenvalue weighted by molar-refractivity contribution is -0.115. The van der Waals surface area contributed by atoms with Crippen molar-refractivity contribution in [1.82, 2.24) is 10.3 Å². The molecule has 0 aliphatic carbocycles. The highest BCUT2D eigenvalue weighted by molar-refractivity contribution is 7.80. The average molecular weight is 431 g/mol. The van der Waals surface area contributed by atoms with Gasteiger partial charge in [-0.15, -0.1) is 0 Å². The molecule has 3 N–H and O–H groups in total. The molecule has 28 heavy (non-hydrogen) atoms. The predicted molar refractivity (Wildman–Crippen MR) is 119 cm³/mol. The number of benzene rings is 2. The summed E-state index contributed by atoms with van der Waals surface area (Å²) in [7, 11) is 0. The molecule has 0 saturated heterocycles. The minimum absolute atomic E-state index is 0.141. The molecular formula is C19H15ClN4O2S2. The zero-order chi connectivity index (χ0) is 20.1. The number of fused-ring (bicyclic) bond motifs is 1. The first-order valence-corrected chi connectivity index (χ1v) is 9.73. The average Bonchev–Trinajstić information content (AvgIpc) is 3.02. The van der Waals surface area contributed by atoms with Gasteiger partial charge >= 0.3 is 0 Å². The second kappa shape index (κ2) is 8.92. The lowest BCUT2D eigenvalue weighted by Gasteiger charge is -2.04. The highest BCUT2D eigenvalue weighted by Crippen LogP contribution is 2.28. The van der Waals surface area contributed by atoms with Crippen LogP contribution in [-0.2, 0) is 9.59 Å². The topological polar surface area (TPSA) is 83.1 Å². The fourth-order valence-corrected chi connectivity index (χ4v) is 3.58. The number of amides is 2. The quantitative estimate of drug-likeness (QED) is 0.421. The largest absolute Gasteiger partial charge is 0.326 e. The maximum Gasteiger partial charge on any atom is 0.250 e. The maximum absolute atomic E-state index is 12.0. The van der Waals surface area contributed by atoms with E-state index in [-0.39, 0.29) is 16.9 Å². The molecular weight excluding hydrogens is 416 g/mol. The molecule has 9 heteroatoms. The molecule has 2 amide bonds. The Bertz CT molecular complexity index is 1080. The smallest absolute Gasteiger partial charge is 0.250 e. The number of carbonyl (C=O) groups is 2. The van der Waals surface area contributed by atoms with Crippen LogP contribution in [0.2, 0.25) is 5.02 Å². The van der Waals surface area contributed by atoms with Gasteiger partial charge in [0.25, 0.3) is 0 Å². The number of carbonyl (C=O) groups excluding carboxylic acids is 2. The highest BCUT2D eigenvalue weighted by atomic mass is 35.5. The number of nitrogens with one attached hydrogen (secondary N) is 3. The van der Waals surface area contributed by atoms with Gasteiger partial charge in [0.15, 0.2) is 10.2 Å². The fourth-order valence-electron chi connectivity index (χ4n) is 2.29. The molecule has 1 aromatic heterocycles. The van der Waals surface area contributed by atoms with Crippen LogP contribution in [-0.4, -0.2) is 21.9 Å². The van der Waals surface area contributed by atoms with E-state index in [1.54, 1.807) is 42.5 Å². The van der Waals surface area contributed by atoms with Crippen molar-refractivity contribution in [3.8, 4) is 0 Å². The first kappa shape index (κ1) is 19.9. The van der Waals surface area contributed by atoms with Gasteiger partial charge in [0, 0.05) is 23.7 Å². The molecule has 2 aromatic carbocycles. The molecule has 0 saturated carbocycles. The summed E-state index contributed by atoms with van der Waals surface area (Å²) >= 11 is 12.4. The van der Waals surface area contributed by atoms with Gasteiger partial charge in [-0.05, 0) is 54.2 Å². The lowest BCUT2D eigenvalue weighted by Crippen LogP contribution is -2.32. The van der Waals surface area contributed by atoms with Gasteiger partial charge in [0.1, 0.15) is 0 Å². The van der Waals surface area contributed by atoms with Crippen LogP contribution in [0, 0.1) is 0 Å². The summed E-state index contributed by atoms with van der Waals surface area (Å²) in [5.74, 6) is -0.501. The van der Waals surface area contributed by atoms with E-state index in [1.807, 2.05) is 6.07 Å². The molecule has 0 bridgehead atoms. The Hall–Kier alpha value is -2.81. The van der Waals surface area contributed by atoms with Crippen molar-refractivity contribution in [1.29, 1.82) is 0 Å². The van der Waals surface area contributed by atoms with Gasteiger partial charge in [-0.25, -0.2) is 4.98 Å². The molecule has 0 aliphatic rings. The van der Waals surface area contributed by atoms with E-state index in [9.17, 15) is 9.59 Å². The van der Waals surface area contributed by atoms with E-state index >= 15 is 0 Å². The Labute approximate surface area is 175 Å². The summed E-state index contributed by atoms with van der Waals surface area (Å²) in [4.78, 5) is 27.6. The summed E-state index contributed by atoms with van der Waals surface area (Å²) in [5.41, 5.74) is 2.30. The molecule has 0 fully saturated rings. The molecule has 142 valence electrons. The van der Waals surface area contributed by atoms with Gasteiger partial charge < -0.3 is 10.6 Å². The molecule has 3 aromatic rings. The van der Waals surface area contributed by atoms with Crippen molar-refractivity contribution in [2.45, 2.75) is 6.92 Å². The van der Waals surface area contributed by atoms with E-state index in [2.05, 4.69) is 20.9 Å². The summed E-state index contributed by atoms with van der Waals surface area (Å²) in [6.07, 6.45) is 3.05. The van der Waals surface area contributed by atoms with Crippen LogP contribution >= 0.6 is 35.2 Å². The lowest BCUT2D eigenvalue weighted by atomic mass is 10.2. The maximum atomic E-state index is 12.0. The normalized spacial score (nSPS) is 10.8. The van der Waals surface area contributed by atoms with Crippen molar-refractivity contribution < 1.29 is 9.59 Å². The monoisotopic (exact) mass is 430 g/mol. The van der Waals surface area contributed by atoms with Crippen LogP contribution in [0.1, 0.15) is 12.5 Å². The third kappa shape index (κ3) is 5.59. The summed E-state index contributed by atoms with van der Waals surface area (Å²) in [6.45, 7) is 1.45. The molecule has 0 radical (unpaired) electrons. The van der Waals surface area contributed by atoms with Gasteiger partial charge in [0.05, 0.1) is 10.2 Å². The SMILES string of the molecule is CC(=O)Nc1ccc2nc(NC(=S)NC(=O)/C=C/c3ccc(Cl)cc3)sc2c1. The number of thiocarbonyl (C=S) groups is 1. The second-order valence-corrected chi connectivity index (χ2v) is 7.59. The fraction of sp³-hybridized carbons (Fsp3) is 0.0526. The summed E-state index contributed by atoms with van der Waals surface area (Å²) in [5, 5.41) is 9.51. The number of hydrogen-bond donors (Lipinski definition) is 3. The van der Waals surface area contributed by atoms with Crippen molar-refractivity contribution in [2.24, 2.45) is 0 Å². The molecule has 1 heterocycles. The summed E-state index contributed by atoms with van der Waals surface area (Å²) in [6, 6.07) is 12.5. The Morgan fingerprint density at radius 1 is 1.14 bits per heavy atom. The third-order valence-electron chi connectivity index (χ3n) is 3.46. The van der Waals surface area contributed by atoms with Crippen LogP contribution in [0.5, 0.6) is 0 Å². The number of anilines is 2. The molecule has 0 spiro atoms. The number of nitrogens with zero attached hydrogens (tertiary/aromatic N) is 1. The third-order valence-corrected chi connectivity index (χ3v) is 4.85. The van der Waals surface area contributed by atoms with E-state index in [0.29, 0.717) is 15.8 Å². The zero-order valence-electron chi connectivity index (χ0n) is 14.7. The Morgan fingerprint density at radius 2 is 1.89 bits per heavy atom. The Kier molecular flexibility index (Phi) is 6.35. The predicted octanol–water partition coefficient (Wildman–Crippen LogP) is 4.43. The molecule has 6 nitrogen and oxygen atoms in total. The van der Waals surface area contributed by atoms with Gasteiger partial charge in [0.2, 0.25) is 11.8 Å². The van der Waals surface area contributed by atoms with E-state index < -0.39 is 0 Å². The summed E-state index contributed by atoms with van der Waals surface area (Å²) < 4.78 is 0.880. The van der Waals surface area contributed by atoms with Crippen LogP contribution in [0.25, 0.3) is 16.3 Å². The minimum Gasteiger partial charge on any atom is -0.326 e. The van der Waals surface area contributed by atoms with Gasteiger partial charge in [-0.3, -0.25) is 14.9 Å². The minimum atomic E-state index is -0.360. The van der Waals surface area contributed by atoms with Gasteiger partial charge in [-0.1, -0.05) is 35.1 Å². The van der Waals surface area contributed by atoms with Crippen LogP contribution < -0.4 is 16.0 Å². The second-order valence-electron chi connectivity index (χ2n) is 5.71. The number of aromatic nitrogens is 1. The number of halogens is 1. The number of rotatable bonds is 4. The standard InChI is InChI=1S/C19H15ClN4O2S2/c1-11(25)21-14-7-8-15-16(10-14)28-19(22-15)24-18(27)23-17(26)9-4-12-2-5-13(20)6-3-12/h2-10H,1H3,(H,21,25)(H2,22,23,24,26,27)/b9-4+. The zero-order valence-corrected chi connectivity index (χ0v) is 17.0.